The van der Waals surface area contributed by atoms with Crippen LogP contribution in [0.3, 0.4) is 0 Å². The van der Waals surface area contributed by atoms with Gasteiger partial charge in [-0.15, -0.1) is 0 Å². The molecule has 0 spiro atoms. The molecule has 0 unspecified atom stereocenters. The molecule has 0 aliphatic carbocycles. The second-order valence-corrected chi connectivity index (χ2v) is 11.2. The molecule has 0 radical (unpaired) electrons. The van der Waals surface area contributed by atoms with Gasteiger partial charge in [-0.05, 0) is 35.4 Å². The van der Waals surface area contributed by atoms with Crippen molar-refractivity contribution in [2.45, 2.75) is 19.0 Å². The van der Waals surface area contributed by atoms with Gasteiger partial charge < -0.3 is 24.4 Å². The first-order valence-electron chi connectivity index (χ1n) is 12.7. The number of anilines is 1. The highest BCUT2D eigenvalue weighted by Gasteiger charge is 2.33. The number of benzene rings is 3. The maximum absolute atomic E-state index is 14.0. The second-order valence-electron chi connectivity index (χ2n) is 9.29. The number of sulfonamides is 1. The Kier molecular flexibility index (Phi) is 9.15. The van der Waals surface area contributed by atoms with Gasteiger partial charge in [-0.1, -0.05) is 42.5 Å². The molecule has 3 aromatic carbocycles. The maximum Gasteiger partial charge on any atom is 0.244 e. The molecule has 0 aromatic heterocycles. The maximum atomic E-state index is 14.0. The van der Waals surface area contributed by atoms with Crippen LogP contribution >= 0.6 is 0 Å². The van der Waals surface area contributed by atoms with E-state index in [9.17, 15) is 18.0 Å². The fourth-order valence-electron chi connectivity index (χ4n) is 4.49. The number of carbonyl (C=O) groups excluding carboxylic acids is 2. The van der Waals surface area contributed by atoms with Gasteiger partial charge in [0.25, 0.3) is 0 Å². The predicted octanol–water partition coefficient (Wildman–Crippen LogP) is 2.62. The molecular formula is C29H33N3O7S. The van der Waals surface area contributed by atoms with Crippen molar-refractivity contribution in [3.63, 3.8) is 0 Å². The van der Waals surface area contributed by atoms with Crippen LogP contribution in [0.15, 0.2) is 72.8 Å². The van der Waals surface area contributed by atoms with Crippen molar-refractivity contribution in [1.82, 2.24) is 10.2 Å². The summed E-state index contributed by atoms with van der Waals surface area (Å²) in [6.45, 7) is 0.252. The standard InChI is InChI=1S/C29H33N3O7S/c1-30-29(34)25(17-21-8-5-4-6-9-21)31(19-22-10-7-11-24(16-22)37-2)28(33)20-32(40(3,35)36)23-12-13-26-27(18-23)39-15-14-38-26/h4-13,16,18,25H,14-15,17,19-20H2,1-3H3,(H,30,34)/t25-/m1/s1. The average Bonchev–Trinajstić information content (AvgIpc) is 2.97. The van der Waals surface area contributed by atoms with Gasteiger partial charge in [-0.2, -0.15) is 0 Å². The van der Waals surface area contributed by atoms with Gasteiger partial charge in [0, 0.05) is 26.1 Å². The number of rotatable bonds is 11. The van der Waals surface area contributed by atoms with Crippen LogP contribution in [-0.2, 0) is 32.6 Å². The van der Waals surface area contributed by atoms with Crippen molar-refractivity contribution < 1.29 is 32.2 Å². The van der Waals surface area contributed by atoms with E-state index in [4.69, 9.17) is 14.2 Å². The smallest absolute Gasteiger partial charge is 0.244 e. The van der Waals surface area contributed by atoms with Crippen molar-refractivity contribution in [3.8, 4) is 17.2 Å². The molecule has 0 fully saturated rings. The Morgan fingerprint density at radius 1 is 0.950 bits per heavy atom. The summed E-state index contributed by atoms with van der Waals surface area (Å²) in [5.74, 6) is 0.568. The Bertz CT molecular complexity index is 1450. The average molecular weight is 568 g/mol. The predicted molar refractivity (Wildman–Crippen MR) is 151 cm³/mol. The lowest BCUT2D eigenvalue weighted by Crippen LogP contribution is -2.52. The number of nitrogens with zero attached hydrogens (tertiary/aromatic N) is 2. The molecule has 1 aliphatic rings. The molecule has 10 nitrogen and oxygen atoms in total. The van der Waals surface area contributed by atoms with Crippen LogP contribution in [0.25, 0.3) is 0 Å². The van der Waals surface area contributed by atoms with Crippen molar-refractivity contribution in [1.29, 1.82) is 0 Å². The van der Waals surface area contributed by atoms with E-state index in [1.165, 1.54) is 18.0 Å². The summed E-state index contributed by atoms with van der Waals surface area (Å²) in [4.78, 5) is 28.6. The van der Waals surface area contributed by atoms with Gasteiger partial charge in [-0.3, -0.25) is 13.9 Å². The molecule has 0 saturated heterocycles. The zero-order chi connectivity index (χ0) is 28.7. The van der Waals surface area contributed by atoms with E-state index < -0.39 is 28.5 Å². The van der Waals surface area contributed by atoms with Gasteiger partial charge in [-0.25, -0.2) is 8.42 Å². The first-order valence-corrected chi connectivity index (χ1v) is 14.6. The lowest BCUT2D eigenvalue weighted by molar-refractivity contribution is -0.139. The van der Waals surface area contributed by atoms with Crippen LogP contribution in [0.2, 0.25) is 0 Å². The first-order chi connectivity index (χ1) is 19.2. The Hall–Kier alpha value is -4.25. The fraction of sp³-hybridized carbons (Fsp3) is 0.310. The zero-order valence-corrected chi connectivity index (χ0v) is 23.5. The number of fused-ring (bicyclic) bond motifs is 1. The number of hydrogen-bond donors (Lipinski definition) is 1. The van der Waals surface area contributed by atoms with Gasteiger partial charge >= 0.3 is 0 Å². The van der Waals surface area contributed by atoms with Gasteiger partial charge in [0.1, 0.15) is 31.5 Å². The molecule has 1 atom stereocenters. The number of likely N-dealkylation sites (N-methyl/N-ethyl adjacent to an activating group) is 1. The first kappa shape index (κ1) is 28.8. The number of methoxy groups -OCH3 is 1. The van der Waals surface area contributed by atoms with E-state index in [0.29, 0.717) is 30.5 Å². The summed E-state index contributed by atoms with van der Waals surface area (Å²) in [6, 6.07) is 20.3. The SMILES string of the molecule is CNC(=O)[C@@H](Cc1ccccc1)N(Cc1cccc(OC)c1)C(=O)CN(c1ccc2c(c1)OCCO2)S(C)(=O)=O. The lowest BCUT2D eigenvalue weighted by Gasteiger charge is -2.33. The summed E-state index contributed by atoms with van der Waals surface area (Å²) in [5, 5.41) is 2.66. The van der Waals surface area contributed by atoms with Gasteiger partial charge in [0.05, 0.1) is 19.1 Å². The van der Waals surface area contributed by atoms with Crippen molar-refractivity contribution in [2.24, 2.45) is 0 Å². The van der Waals surface area contributed by atoms with Crippen LogP contribution in [0.4, 0.5) is 5.69 Å². The van der Waals surface area contributed by atoms with E-state index in [2.05, 4.69) is 5.32 Å². The summed E-state index contributed by atoms with van der Waals surface area (Å²) >= 11 is 0. The molecule has 3 aromatic rings. The molecule has 11 heteroatoms. The highest BCUT2D eigenvalue weighted by atomic mass is 32.2. The Labute approximate surface area is 234 Å². The molecule has 2 amide bonds. The quantitative estimate of drug-likeness (QED) is 0.379. The van der Waals surface area contributed by atoms with Crippen LogP contribution in [-0.4, -0.2) is 71.3 Å². The van der Waals surface area contributed by atoms with E-state index >= 15 is 0 Å². The highest BCUT2D eigenvalue weighted by molar-refractivity contribution is 7.92. The molecule has 0 bridgehead atoms. The third kappa shape index (κ3) is 7.03. The van der Waals surface area contributed by atoms with E-state index in [-0.39, 0.29) is 24.6 Å². The fourth-order valence-corrected chi connectivity index (χ4v) is 5.33. The van der Waals surface area contributed by atoms with Gasteiger partial charge in [0.15, 0.2) is 11.5 Å². The number of hydrogen-bond acceptors (Lipinski definition) is 7. The second kappa shape index (κ2) is 12.7. The summed E-state index contributed by atoms with van der Waals surface area (Å²) < 4.78 is 43.4. The lowest BCUT2D eigenvalue weighted by atomic mass is 10.0. The zero-order valence-electron chi connectivity index (χ0n) is 22.7. The van der Waals surface area contributed by atoms with E-state index in [0.717, 1.165) is 21.7 Å². The molecular weight excluding hydrogens is 534 g/mol. The van der Waals surface area contributed by atoms with Crippen LogP contribution in [0.1, 0.15) is 11.1 Å². The molecule has 40 heavy (non-hydrogen) atoms. The normalized spacial score (nSPS) is 13.2. The molecule has 1 N–H and O–H groups in total. The minimum atomic E-state index is -3.90. The van der Waals surface area contributed by atoms with E-state index in [1.807, 2.05) is 36.4 Å². The number of amides is 2. The van der Waals surface area contributed by atoms with Crippen molar-refractivity contribution >= 4 is 27.5 Å². The molecule has 0 saturated carbocycles. The monoisotopic (exact) mass is 567 g/mol. The third-order valence-electron chi connectivity index (χ3n) is 6.50. The summed E-state index contributed by atoms with van der Waals surface area (Å²) in [6.07, 6.45) is 1.27. The van der Waals surface area contributed by atoms with Crippen LogP contribution in [0.5, 0.6) is 17.2 Å². The van der Waals surface area contributed by atoms with Crippen LogP contribution < -0.4 is 23.8 Å². The topological polar surface area (TPSA) is 114 Å². The van der Waals surface area contributed by atoms with Crippen molar-refractivity contribution in [2.75, 3.05) is 44.5 Å². The Balaban J connectivity index is 1.71. The van der Waals surface area contributed by atoms with Gasteiger partial charge in [0.2, 0.25) is 21.8 Å². The third-order valence-corrected chi connectivity index (χ3v) is 7.64. The minimum Gasteiger partial charge on any atom is -0.497 e. The largest absolute Gasteiger partial charge is 0.497 e. The molecule has 1 aliphatic heterocycles. The number of carbonyl (C=O) groups is 2. The van der Waals surface area contributed by atoms with Crippen LogP contribution in [0, 0.1) is 0 Å². The highest BCUT2D eigenvalue weighted by Crippen LogP contribution is 2.34. The number of ether oxygens (including phenoxy) is 3. The Morgan fingerprint density at radius 3 is 2.33 bits per heavy atom. The minimum absolute atomic E-state index is 0.0553. The van der Waals surface area contributed by atoms with Crippen molar-refractivity contribution in [3.05, 3.63) is 83.9 Å². The molecule has 212 valence electrons. The molecule has 4 rings (SSSR count). The molecule has 1 heterocycles. The summed E-state index contributed by atoms with van der Waals surface area (Å²) in [5.41, 5.74) is 1.83. The summed E-state index contributed by atoms with van der Waals surface area (Å²) in [7, 11) is -0.848. The number of nitrogens with one attached hydrogen (secondary N) is 1. The Morgan fingerprint density at radius 2 is 1.65 bits per heavy atom. The van der Waals surface area contributed by atoms with E-state index in [1.54, 1.807) is 37.4 Å².